The molecule has 4 heteroatoms. The molecular weight excluding hydrogens is 303 g/mol. The van der Waals surface area contributed by atoms with Gasteiger partial charge in [-0.2, -0.15) is 0 Å². The summed E-state index contributed by atoms with van der Waals surface area (Å²) in [5.74, 6) is 1.44. The minimum atomic E-state index is -0.123. The normalized spacial score (nSPS) is 23.2. The molecule has 0 unspecified atom stereocenters. The van der Waals surface area contributed by atoms with Crippen LogP contribution in [0.3, 0.4) is 0 Å². The third kappa shape index (κ3) is 5.54. The zero-order valence-corrected chi connectivity index (χ0v) is 14.9. The number of benzene rings is 1. The monoisotopic (exact) mass is 334 g/mol. The molecule has 1 atom stereocenters. The van der Waals surface area contributed by atoms with Crippen LogP contribution >= 0.6 is 0 Å². The lowest BCUT2D eigenvalue weighted by Gasteiger charge is -2.34. The van der Waals surface area contributed by atoms with Gasteiger partial charge in [-0.1, -0.05) is 12.1 Å². The highest BCUT2D eigenvalue weighted by Gasteiger charge is 2.22. The number of rotatable bonds is 7. The molecule has 2 fully saturated rings. The lowest BCUT2D eigenvalue weighted by atomic mass is 9.95. The molecule has 0 aromatic heterocycles. The van der Waals surface area contributed by atoms with Crippen LogP contribution in [-0.4, -0.2) is 62.8 Å². The molecule has 1 aromatic carbocycles. The highest BCUT2D eigenvalue weighted by atomic mass is 19.1. The van der Waals surface area contributed by atoms with Crippen LogP contribution in [0.25, 0.3) is 0 Å². The van der Waals surface area contributed by atoms with E-state index in [-0.39, 0.29) is 5.82 Å². The minimum Gasteiger partial charge on any atom is -0.381 e. The van der Waals surface area contributed by atoms with Crippen molar-refractivity contribution >= 4 is 0 Å². The Morgan fingerprint density at radius 2 is 1.96 bits per heavy atom. The van der Waals surface area contributed by atoms with E-state index in [2.05, 4.69) is 16.8 Å². The highest BCUT2D eigenvalue weighted by Crippen LogP contribution is 2.20. The molecule has 3 rings (SSSR count). The third-order valence-corrected chi connectivity index (χ3v) is 5.48. The maximum atomic E-state index is 13.2. The van der Waals surface area contributed by atoms with Crippen LogP contribution in [0.2, 0.25) is 0 Å². The summed E-state index contributed by atoms with van der Waals surface area (Å²) in [5.41, 5.74) is 1.11. The SMILES string of the molecule is CN(CC1CCN(CCc2cccc(F)c2)CC1)C[C@@H]1CCOC1. The molecule has 3 nitrogen and oxygen atoms in total. The van der Waals surface area contributed by atoms with Crippen molar-refractivity contribution in [3.63, 3.8) is 0 Å². The van der Waals surface area contributed by atoms with E-state index in [1.165, 1.54) is 51.5 Å². The lowest BCUT2D eigenvalue weighted by molar-refractivity contribution is 0.140. The second kappa shape index (κ2) is 8.93. The molecule has 1 aromatic rings. The summed E-state index contributed by atoms with van der Waals surface area (Å²) in [6.45, 7) is 7.70. The molecule has 0 N–H and O–H groups in total. The zero-order valence-electron chi connectivity index (χ0n) is 14.9. The van der Waals surface area contributed by atoms with Crippen molar-refractivity contribution in [2.45, 2.75) is 25.7 Å². The Labute approximate surface area is 145 Å². The van der Waals surface area contributed by atoms with Gasteiger partial charge >= 0.3 is 0 Å². The first-order valence-corrected chi connectivity index (χ1v) is 9.42. The van der Waals surface area contributed by atoms with Crippen molar-refractivity contribution in [1.29, 1.82) is 0 Å². The van der Waals surface area contributed by atoms with E-state index in [0.29, 0.717) is 0 Å². The largest absolute Gasteiger partial charge is 0.381 e. The van der Waals surface area contributed by atoms with Crippen molar-refractivity contribution in [2.24, 2.45) is 11.8 Å². The first kappa shape index (κ1) is 17.8. The Bertz CT molecular complexity index is 496. The molecule has 2 saturated heterocycles. The summed E-state index contributed by atoms with van der Waals surface area (Å²) in [6, 6.07) is 7.01. The van der Waals surface area contributed by atoms with Gasteiger partial charge in [0, 0.05) is 26.2 Å². The quantitative estimate of drug-likeness (QED) is 0.762. The molecule has 0 spiro atoms. The average Bonchev–Trinajstić information content (AvgIpc) is 3.07. The number of halogens is 1. The first-order chi connectivity index (χ1) is 11.7. The number of piperidine rings is 1. The maximum Gasteiger partial charge on any atom is 0.123 e. The minimum absolute atomic E-state index is 0.123. The first-order valence-electron chi connectivity index (χ1n) is 9.42. The predicted octanol–water partition coefficient (Wildman–Crippen LogP) is 3.05. The van der Waals surface area contributed by atoms with E-state index >= 15 is 0 Å². The van der Waals surface area contributed by atoms with Crippen LogP contribution in [0.15, 0.2) is 24.3 Å². The Balaban J connectivity index is 1.33. The van der Waals surface area contributed by atoms with Gasteiger partial charge < -0.3 is 14.5 Å². The van der Waals surface area contributed by atoms with E-state index < -0.39 is 0 Å². The van der Waals surface area contributed by atoms with E-state index in [4.69, 9.17) is 4.74 Å². The van der Waals surface area contributed by atoms with Crippen molar-refractivity contribution < 1.29 is 9.13 Å². The topological polar surface area (TPSA) is 15.7 Å². The number of ether oxygens (including phenoxy) is 1. The molecule has 2 aliphatic rings. The van der Waals surface area contributed by atoms with Gasteiger partial charge in [0.15, 0.2) is 0 Å². The fourth-order valence-corrected chi connectivity index (χ4v) is 4.06. The molecular formula is C20H31FN2O. The molecule has 2 heterocycles. The van der Waals surface area contributed by atoms with Crippen molar-refractivity contribution in [1.82, 2.24) is 9.80 Å². The molecule has 0 amide bonds. The van der Waals surface area contributed by atoms with Crippen LogP contribution in [0.4, 0.5) is 4.39 Å². The van der Waals surface area contributed by atoms with Crippen LogP contribution < -0.4 is 0 Å². The van der Waals surface area contributed by atoms with Gasteiger partial charge in [-0.25, -0.2) is 4.39 Å². The Kier molecular flexibility index (Phi) is 6.64. The summed E-state index contributed by atoms with van der Waals surface area (Å²) in [5, 5.41) is 0. The zero-order chi connectivity index (χ0) is 16.8. The summed E-state index contributed by atoms with van der Waals surface area (Å²) in [6.07, 6.45) is 4.75. The smallest absolute Gasteiger partial charge is 0.123 e. The summed E-state index contributed by atoms with van der Waals surface area (Å²) < 4.78 is 18.7. The van der Waals surface area contributed by atoms with E-state index in [1.807, 2.05) is 12.1 Å². The molecule has 0 bridgehead atoms. The molecule has 134 valence electrons. The molecule has 24 heavy (non-hydrogen) atoms. The van der Waals surface area contributed by atoms with Gasteiger partial charge in [-0.15, -0.1) is 0 Å². The Hall–Kier alpha value is -0.970. The van der Waals surface area contributed by atoms with Crippen LogP contribution in [0, 0.1) is 17.7 Å². The number of likely N-dealkylation sites (tertiary alicyclic amines) is 1. The molecule has 0 aliphatic carbocycles. The fourth-order valence-electron chi connectivity index (χ4n) is 4.06. The van der Waals surface area contributed by atoms with E-state index in [0.717, 1.165) is 43.6 Å². The molecule has 0 saturated carbocycles. The summed E-state index contributed by atoms with van der Waals surface area (Å²) in [4.78, 5) is 5.04. The number of nitrogens with zero attached hydrogens (tertiary/aromatic N) is 2. The van der Waals surface area contributed by atoms with Gasteiger partial charge in [0.1, 0.15) is 5.82 Å². The van der Waals surface area contributed by atoms with Crippen molar-refractivity contribution in [3.05, 3.63) is 35.6 Å². The second-order valence-electron chi connectivity index (χ2n) is 7.62. The molecule has 0 radical (unpaired) electrons. The summed E-state index contributed by atoms with van der Waals surface area (Å²) >= 11 is 0. The van der Waals surface area contributed by atoms with Gasteiger partial charge in [-0.05, 0) is 75.4 Å². The van der Waals surface area contributed by atoms with Crippen LogP contribution in [-0.2, 0) is 11.2 Å². The number of hydrogen-bond donors (Lipinski definition) is 0. The number of hydrogen-bond acceptors (Lipinski definition) is 3. The average molecular weight is 334 g/mol. The maximum absolute atomic E-state index is 13.2. The van der Waals surface area contributed by atoms with Crippen LogP contribution in [0.5, 0.6) is 0 Å². The fraction of sp³-hybridized carbons (Fsp3) is 0.700. The Morgan fingerprint density at radius 1 is 1.17 bits per heavy atom. The standard InChI is InChI=1S/C20H31FN2O/c1-22(15-19-8-12-24-16-19)14-18-6-10-23(11-7-18)9-5-17-3-2-4-20(21)13-17/h2-4,13,18-19H,5-12,14-16H2,1H3/t19-/m0/s1. The Morgan fingerprint density at radius 3 is 2.67 bits per heavy atom. The van der Waals surface area contributed by atoms with E-state index in [9.17, 15) is 4.39 Å². The second-order valence-corrected chi connectivity index (χ2v) is 7.62. The van der Waals surface area contributed by atoms with E-state index in [1.54, 1.807) is 6.07 Å². The van der Waals surface area contributed by atoms with Gasteiger partial charge in [0.2, 0.25) is 0 Å². The highest BCUT2D eigenvalue weighted by molar-refractivity contribution is 5.16. The van der Waals surface area contributed by atoms with Crippen LogP contribution in [0.1, 0.15) is 24.8 Å². The lowest BCUT2D eigenvalue weighted by Crippen LogP contribution is -2.39. The van der Waals surface area contributed by atoms with Gasteiger partial charge in [-0.3, -0.25) is 0 Å². The predicted molar refractivity (Wildman–Crippen MR) is 95.7 cm³/mol. The third-order valence-electron chi connectivity index (χ3n) is 5.48. The van der Waals surface area contributed by atoms with Crippen molar-refractivity contribution in [3.8, 4) is 0 Å². The van der Waals surface area contributed by atoms with Gasteiger partial charge in [0.05, 0.1) is 6.61 Å². The molecule has 2 aliphatic heterocycles. The van der Waals surface area contributed by atoms with Gasteiger partial charge in [0.25, 0.3) is 0 Å². The summed E-state index contributed by atoms with van der Waals surface area (Å²) in [7, 11) is 2.26. The van der Waals surface area contributed by atoms with Crippen molar-refractivity contribution in [2.75, 3.05) is 53.0 Å².